The van der Waals surface area contributed by atoms with Gasteiger partial charge in [-0.15, -0.1) is 0 Å². The van der Waals surface area contributed by atoms with Crippen molar-refractivity contribution in [2.75, 3.05) is 41.3 Å². The van der Waals surface area contributed by atoms with E-state index in [0.29, 0.717) is 13.1 Å². The van der Waals surface area contributed by atoms with E-state index >= 15 is 0 Å². The lowest BCUT2D eigenvalue weighted by Gasteiger charge is -2.39. The van der Waals surface area contributed by atoms with Gasteiger partial charge in [0, 0.05) is 47.7 Å². The fourth-order valence-electron chi connectivity index (χ4n) is 8.47. The minimum Gasteiger partial charge on any atom is -0.391 e. The van der Waals surface area contributed by atoms with Crippen LogP contribution in [0.1, 0.15) is 106 Å². The molecule has 8 amide bonds. The molecule has 17 heteroatoms. The van der Waals surface area contributed by atoms with Crippen LogP contribution in [0.2, 0.25) is 0 Å². The fourth-order valence-corrected chi connectivity index (χ4v) is 8.47. The summed E-state index contributed by atoms with van der Waals surface area (Å²) in [6.45, 7) is 14.9. The molecule has 2 saturated heterocycles. The van der Waals surface area contributed by atoms with E-state index in [1.165, 1.54) is 61.6 Å². The number of nitrogens with zero attached hydrogens (tertiary/aromatic N) is 5. The topological polar surface area (TPSA) is 209 Å². The molecule has 358 valence electrons. The maximum absolute atomic E-state index is 14.7. The van der Waals surface area contributed by atoms with Gasteiger partial charge in [-0.3, -0.25) is 38.4 Å². The van der Waals surface area contributed by atoms with Crippen molar-refractivity contribution < 1.29 is 43.5 Å². The molecule has 2 heterocycles. The third kappa shape index (κ3) is 14.5. The highest BCUT2D eigenvalue weighted by Crippen LogP contribution is 2.22. The molecule has 64 heavy (non-hydrogen) atoms. The molecule has 8 atom stereocenters. The van der Waals surface area contributed by atoms with Crippen molar-refractivity contribution in [3.05, 3.63) is 35.9 Å². The third-order valence-electron chi connectivity index (χ3n) is 12.3. The van der Waals surface area contributed by atoms with Gasteiger partial charge in [0.1, 0.15) is 42.3 Å². The standard InChI is InChI=1S/C47H76N8O9/c1-28(2)23-35-41(58)49-34(44(61)55-21-17-14-18-22-55)27-39(57)48-31(7)43(60)53(11)38(26-33-19-15-13-16-20-33)46(63)52(10)36(24-29(3)4)42(59)50-40(32(8)56)47(64)54(12)37(25-30(5)6)45(62)51(35)9/h13,15-16,19-20,28-32,34-38,40,56H,14,17-18,21-27H2,1-12H3,(H,48,57)(H,49,58)(H,50,59)/t31-,32-,34+,35+,36+,37+,38+,40+/m1/s1. The second kappa shape index (κ2) is 24.3. The predicted molar refractivity (Wildman–Crippen MR) is 243 cm³/mol. The second-order valence-electron chi connectivity index (χ2n) is 19.1. The van der Waals surface area contributed by atoms with E-state index in [4.69, 9.17) is 0 Å². The molecule has 0 unspecified atom stereocenters. The first-order valence-electron chi connectivity index (χ1n) is 22.9. The van der Waals surface area contributed by atoms with Crippen molar-refractivity contribution in [1.82, 2.24) is 40.4 Å². The largest absolute Gasteiger partial charge is 0.391 e. The Morgan fingerprint density at radius 3 is 1.56 bits per heavy atom. The maximum atomic E-state index is 14.7. The highest BCUT2D eigenvalue weighted by atomic mass is 16.3. The summed E-state index contributed by atoms with van der Waals surface area (Å²) in [5.41, 5.74) is 0.724. The van der Waals surface area contributed by atoms with E-state index in [9.17, 15) is 43.5 Å². The lowest BCUT2D eigenvalue weighted by molar-refractivity contribution is -0.152. The Balaban J connectivity index is 2.24. The van der Waals surface area contributed by atoms with Crippen LogP contribution in [-0.2, 0) is 44.8 Å². The van der Waals surface area contributed by atoms with Gasteiger partial charge in [0.05, 0.1) is 12.5 Å². The fraction of sp³-hybridized carbons (Fsp3) is 0.702. The number of carbonyl (C=O) groups excluding carboxylic acids is 8. The number of nitrogens with one attached hydrogen (secondary N) is 3. The summed E-state index contributed by atoms with van der Waals surface area (Å²) in [5.74, 6) is -5.47. The molecular formula is C47H76N8O9. The molecule has 4 N–H and O–H groups in total. The molecule has 2 aliphatic rings. The quantitative estimate of drug-likeness (QED) is 0.270. The number of carbonyl (C=O) groups is 8. The summed E-state index contributed by atoms with van der Waals surface area (Å²) >= 11 is 0. The first-order valence-corrected chi connectivity index (χ1v) is 22.9. The number of likely N-dealkylation sites (N-methyl/N-ethyl adjacent to an activating group) is 4. The van der Waals surface area contributed by atoms with Gasteiger partial charge >= 0.3 is 0 Å². The molecule has 2 fully saturated rings. The van der Waals surface area contributed by atoms with E-state index in [1.807, 2.05) is 47.6 Å². The summed E-state index contributed by atoms with van der Waals surface area (Å²) in [7, 11) is 5.77. The highest BCUT2D eigenvalue weighted by molar-refractivity contribution is 5.99. The van der Waals surface area contributed by atoms with Crippen LogP contribution in [0.5, 0.6) is 0 Å². The molecule has 1 aromatic rings. The Morgan fingerprint density at radius 2 is 1.06 bits per heavy atom. The summed E-state index contributed by atoms with van der Waals surface area (Å²) in [6.07, 6.45) is 1.04. The van der Waals surface area contributed by atoms with Crippen LogP contribution < -0.4 is 16.0 Å². The van der Waals surface area contributed by atoms with Crippen molar-refractivity contribution >= 4 is 47.3 Å². The molecule has 1 aromatic carbocycles. The number of hydrogen-bond donors (Lipinski definition) is 4. The van der Waals surface area contributed by atoms with Gasteiger partial charge in [-0.1, -0.05) is 71.9 Å². The Morgan fingerprint density at radius 1 is 0.609 bits per heavy atom. The average molecular weight is 897 g/mol. The summed E-state index contributed by atoms with van der Waals surface area (Å²) in [6, 6.07) is 0.370. The van der Waals surface area contributed by atoms with E-state index in [2.05, 4.69) is 16.0 Å². The summed E-state index contributed by atoms with van der Waals surface area (Å²) in [4.78, 5) is 122. The lowest BCUT2D eigenvalue weighted by atomic mass is 9.96. The SMILES string of the molecule is CC(C)C[C@H]1C(=O)N(C)[C@@H](CC(C)C)C(=O)N[C@H](C(=O)N2CCCCC2)CC(=O)N[C@H](C)C(=O)N(C)[C@@H](Cc2ccccc2)C(=O)N(C)[C@@H](CC(C)C)C(=O)N[C@@H]([C@@H](C)O)C(=O)N1C. The Hall–Kier alpha value is -5.06. The van der Waals surface area contributed by atoms with Crippen LogP contribution in [0.25, 0.3) is 0 Å². The number of amides is 8. The van der Waals surface area contributed by atoms with E-state index < -0.39 is 102 Å². The predicted octanol–water partition coefficient (Wildman–Crippen LogP) is 1.95. The molecule has 17 nitrogen and oxygen atoms in total. The number of aliphatic hydroxyl groups excluding tert-OH is 1. The summed E-state index contributed by atoms with van der Waals surface area (Å²) < 4.78 is 0. The number of aliphatic hydroxyl groups is 1. The smallest absolute Gasteiger partial charge is 0.248 e. The molecule has 0 bridgehead atoms. The molecular weight excluding hydrogens is 821 g/mol. The van der Waals surface area contributed by atoms with Crippen molar-refractivity contribution in [1.29, 1.82) is 0 Å². The van der Waals surface area contributed by atoms with Crippen LogP contribution in [0.3, 0.4) is 0 Å². The van der Waals surface area contributed by atoms with Gasteiger partial charge in [0.25, 0.3) is 0 Å². The van der Waals surface area contributed by atoms with Crippen LogP contribution in [0.4, 0.5) is 0 Å². The number of piperidine rings is 1. The van der Waals surface area contributed by atoms with E-state index in [1.54, 1.807) is 29.2 Å². The molecule has 0 aromatic heterocycles. The molecule has 2 aliphatic heterocycles. The van der Waals surface area contributed by atoms with Crippen molar-refractivity contribution in [2.45, 2.75) is 155 Å². The van der Waals surface area contributed by atoms with Crippen molar-refractivity contribution in [3.8, 4) is 0 Å². The van der Waals surface area contributed by atoms with Gasteiger partial charge in [0.15, 0.2) is 0 Å². The zero-order valence-electron chi connectivity index (χ0n) is 40.3. The normalized spacial score (nSPS) is 26.5. The van der Waals surface area contributed by atoms with E-state index in [-0.39, 0.29) is 43.4 Å². The maximum Gasteiger partial charge on any atom is 0.248 e. The Bertz CT molecular complexity index is 1780. The minimum absolute atomic E-state index is 0.0538. The van der Waals surface area contributed by atoms with Gasteiger partial charge in [-0.2, -0.15) is 0 Å². The first kappa shape index (κ1) is 53.3. The number of hydrogen-bond acceptors (Lipinski definition) is 9. The molecule has 3 rings (SSSR count). The Labute approximate surface area is 380 Å². The zero-order valence-corrected chi connectivity index (χ0v) is 40.3. The number of likely N-dealkylation sites (tertiary alicyclic amines) is 1. The van der Waals surface area contributed by atoms with Crippen molar-refractivity contribution in [2.24, 2.45) is 17.8 Å². The Kier molecular flexibility index (Phi) is 20.2. The van der Waals surface area contributed by atoms with Crippen LogP contribution in [0, 0.1) is 17.8 Å². The minimum atomic E-state index is -1.54. The molecule has 0 spiro atoms. The highest BCUT2D eigenvalue weighted by Gasteiger charge is 2.42. The third-order valence-corrected chi connectivity index (χ3v) is 12.3. The lowest BCUT2D eigenvalue weighted by Crippen LogP contribution is -2.63. The van der Waals surface area contributed by atoms with Crippen LogP contribution in [-0.4, -0.2) is 167 Å². The zero-order chi connectivity index (χ0) is 48.2. The number of rotatable bonds is 10. The summed E-state index contributed by atoms with van der Waals surface area (Å²) in [5, 5.41) is 19.3. The van der Waals surface area contributed by atoms with Gasteiger partial charge in [-0.05, 0) is 75.7 Å². The van der Waals surface area contributed by atoms with Gasteiger partial charge in [-0.25, -0.2) is 0 Å². The second-order valence-corrected chi connectivity index (χ2v) is 19.1. The molecule has 0 radical (unpaired) electrons. The van der Waals surface area contributed by atoms with E-state index in [0.717, 1.165) is 24.8 Å². The number of benzene rings is 1. The van der Waals surface area contributed by atoms with Crippen LogP contribution >= 0.6 is 0 Å². The molecule has 0 aliphatic carbocycles. The van der Waals surface area contributed by atoms with Crippen molar-refractivity contribution in [3.63, 3.8) is 0 Å². The van der Waals surface area contributed by atoms with Crippen LogP contribution in [0.15, 0.2) is 30.3 Å². The average Bonchev–Trinajstić information content (AvgIpc) is 3.24. The molecule has 0 saturated carbocycles. The first-order chi connectivity index (χ1) is 30.0. The monoisotopic (exact) mass is 897 g/mol. The van der Waals surface area contributed by atoms with Gasteiger partial charge < -0.3 is 45.6 Å². The van der Waals surface area contributed by atoms with Gasteiger partial charge in [0.2, 0.25) is 47.3 Å².